The Bertz CT molecular complexity index is 563. The molecule has 2 aliphatic carbocycles. The first-order valence-electron chi connectivity index (χ1n) is 11.1. The molecule has 28 heavy (non-hydrogen) atoms. The maximum atomic E-state index is 12.1. The van der Waals surface area contributed by atoms with Crippen molar-refractivity contribution in [1.29, 1.82) is 0 Å². The Labute approximate surface area is 187 Å². The van der Waals surface area contributed by atoms with Gasteiger partial charge in [0.2, 0.25) is 5.91 Å². The summed E-state index contributed by atoms with van der Waals surface area (Å²) < 4.78 is 0. The van der Waals surface area contributed by atoms with Gasteiger partial charge in [0, 0.05) is 39.3 Å². The maximum absolute atomic E-state index is 12.1. The van der Waals surface area contributed by atoms with Gasteiger partial charge in [0.05, 0.1) is 0 Å². The van der Waals surface area contributed by atoms with E-state index in [4.69, 9.17) is 4.99 Å². The van der Waals surface area contributed by atoms with Crippen molar-refractivity contribution in [2.75, 3.05) is 46.8 Å². The molecule has 4 fully saturated rings. The van der Waals surface area contributed by atoms with Gasteiger partial charge in [0.1, 0.15) is 6.54 Å². The van der Waals surface area contributed by atoms with Crippen LogP contribution in [0.5, 0.6) is 0 Å². The number of amides is 1. The van der Waals surface area contributed by atoms with Crippen LogP contribution in [-0.2, 0) is 4.79 Å². The van der Waals surface area contributed by atoms with Crippen LogP contribution in [0.25, 0.3) is 0 Å². The van der Waals surface area contributed by atoms with Gasteiger partial charge in [-0.15, -0.1) is 24.0 Å². The highest BCUT2D eigenvalue weighted by atomic mass is 127. The Morgan fingerprint density at radius 2 is 1.86 bits per heavy atom. The monoisotopic (exact) mass is 503 g/mol. The third-order valence-corrected chi connectivity index (χ3v) is 7.29. The molecular weight excluding hydrogens is 465 g/mol. The number of likely N-dealkylation sites (tertiary alicyclic amines) is 2. The van der Waals surface area contributed by atoms with E-state index in [0.717, 1.165) is 30.9 Å². The van der Waals surface area contributed by atoms with Crippen LogP contribution in [0.3, 0.4) is 0 Å². The second-order valence-corrected chi connectivity index (χ2v) is 9.34. The molecule has 1 N–H and O–H groups in total. The molecule has 4 aliphatic rings. The fraction of sp³-hybridized carbons (Fsp3) is 0.905. The van der Waals surface area contributed by atoms with Crippen LogP contribution in [0.1, 0.15) is 51.4 Å². The summed E-state index contributed by atoms with van der Waals surface area (Å²) in [6.45, 7) is 4.88. The second-order valence-electron chi connectivity index (χ2n) is 9.34. The number of carbonyl (C=O) groups excluding carboxylic acids is 1. The standard InChI is InChI=1S/C21H37N5O.HI/c1-24(2)20(27)14-22-21(23-19-13-16-6-7-17(19)12-16)26-11-8-18(15-26)25-9-4-3-5-10-25;/h16-19H,3-15H2,1-2H3,(H,22,23);1H. The van der Waals surface area contributed by atoms with E-state index in [0.29, 0.717) is 12.1 Å². The highest BCUT2D eigenvalue weighted by Gasteiger charge is 2.41. The summed E-state index contributed by atoms with van der Waals surface area (Å²) in [5, 5.41) is 3.79. The number of nitrogens with one attached hydrogen (secondary N) is 1. The molecule has 1 amide bonds. The van der Waals surface area contributed by atoms with Crippen LogP contribution in [0.2, 0.25) is 0 Å². The lowest BCUT2D eigenvalue weighted by Crippen LogP contribution is -2.49. The lowest BCUT2D eigenvalue weighted by atomic mass is 9.95. The average Bonchev–Trinajstić information content (AvgIpc) is 3.42. The minimum Gasteiger partial charge on any atom is -0.353 e. The smallest absolute Gasteiger partial charge is 0.243 e. The lowest BCUT2D eigenvalue weighted by molar-refractivity contribution is -0.127. The Morgan fingerprint density at radius 1 is 1.07 bits per heavy atom. The Morgan fingerprint density at radius 3 is 2.50 bits per heavy atom. The highest BCUT2D eigenvalue weighted by Crippen LogP contribution is 2.44. The second kappa shape index (κ2) is 9.96. The molecule has 4 unspecified atom stereocenters. The Kier molecular flexibility index (Phi) is 7.87. The van der Waals surface area contributed by atoms with Gasteiger partial charge >= 0.3 is 0 Å². The van der Waals surface area contributed by atoms with Crippen molar-refractivity contribution in [1.82, 2.24) is 20.0 Å². The molecule has 0 aromatic heterocycles. The first-order chi connectivity index (χ1) is 13.1. The van der Waals surface area contributed by atoms with Crippen molar-refractivity contribution in [2.45, 2.75) is 63.5 Å². The van der Waals surface area contributed by atoms with Gasteiger partial charge in [0.15, 0.2) is 5.96 Å². The number of fused-ring (bicyclic) bond motifs is 2. The number of hydrogen-bond acceptors (Lipinski definition) is 3. The van der Waals surface area contributed by atoms with Crippen molar-refractivity contribution in [3.05, 3.63) is 0 Å². The van der Waals surface area contributed by atoms with E-state index in [9.17, 15) is 4.79 Å². The van der Waals surface area contributed by atoms with E-state index in [1.54, 1.807) is 4.90 Å². The van der Waals surface area contributed by atoms with Gasteiger partial charge in [-0.1, -0.05) is 12.8 Å². The van der Waals surface area contributed by atoms with Gasteiger partial charge in [-0.05, 0) is 63.5 Å². The molecule has 4 atom stereocenters. The van der Waals surface area contributed by atoms with Crippen LogP contribution in [0, 0.1) is 11.8 Å². The van der Waals surface area contributed by atoms with Gasteiger partial charge < -0.3 is 15.1 Å². The lowest BCUT2D eigenvalue weighted by Gasteiger charge is -2.33. The summed E-state index contributed by atoms with van der Waals surface area (Å²) in [6, 6.07) is 1.22. The number of carbonyl (C=O) groups is 1. The van der Waals surface area contributed by atoms with Crippen LogP contribution in [0.4, 0.5) is 0 Å². The number of nitrogens with zero attached hydrogens (tertiary/aromatic N) is 4. The number of guanidine groups is 1. The number of rotatable bonds is 4. The van der Waals surface area contributed by atoms with Crippen molar-refractivity contribution in [2.24, 2.45) is 16.8 Å². The summed E-state index contributed by atoms with van der Waals surface area (Å²) in [6.07, 6.45) is 10.7. The number of hydrogen-bond donors (Lipinski definition) is 1. The topological polar surface area (TPSA) is 51.2 Å². The first kappa shape index (κ1) is 22.1. The van der Waals surface area contributed by atoms with E-state index < -0.39 is 0 Å². The summed E-state index contributed by atoms with van der Waals surface area (Å²) in [5.74, 6) is 2.79. The summed E-state index contributed by atoms with van der Waals surface area (Å²) >= 11 is 0. The van der Waals surface area contributed by atoms with E-state index in [1.807, 2.05) is 14.1 Å². The molecule has 2 heterocycles. The fourth-order valence-electron chi connectivity index (χ4n) is 5.62. The first-order valence-corrected chi connectivity index (χ1v) is 11.1. The molecule has 4 rings (SSSR count). The maximum Gasteiger partial charge on any atom is 0.243 e. The van der Waals surface area contributed by atoms with Crippen LogP contribution in [0.15, 0.2) is 4.99 Å². The zero-order valence-corrected chi connectivity index (χ0v) is 19.9. The third kappa shape index (κ3) is 5.12. The average molecular weight is 503 g/mol. The number of likely N-dealkylation sites (N-methyl/N-ethyl adjacent to an activating group) is 1. The Balaban J connectivity index is 0.00000225. The minimum absolute atomic E-state index is 0. The molecule has 0 aromatic carbocycles. The largest absolute Gasteiger partial charge is 0.353 e. The van der Waals surface area contributed by atoms with Crippen LogP contribution in [-0.4, -0.2) is 85.5 Å². The van der Waals surface area contributed by atoms with E-state index in [-0.39, 0.29) is 36.4 Å². The molecule has 0 radical (unpaired) electrons. The van der Waals surface area contributed by atoms with Crippen molar-refractivity contribution in [3.8, 4) is 0 Å². The van der Waals surface area contributed by atoms with E-state index in [2.05, 4.69) is 15.1 Å². The molecule has 6 nitrogen and oxygen atoms in total. The SMILES string of the molecule is CN(C)C(=O)CN=C(NC1CC2CCC1C2)N1CCC(N2CCCCC2)C1.I. The predicted molar refractivity (Wildman–Crippen MR) is 124 cm³/mol. The molecule has 2 saturated heterocycles. The van der Waals surface area contributed by atoms with Gasteiger partial charge in [-0.3, -0.25) is 9.69 Å². The molecule has 7 heteroatoms. The quantitative estimate of drug-likeness (QED) is 0.364. The molecular formula is C21H38IN5O. The van der Waals surface area contributed by atoms with Crippen LogP contribution < -0.4 is 5.32 Å². The fourth-order valence-corrected chi connectivity index (χ4v) is 5.62. The van der Waals surface area contributed by atoms with Crippen LogP contribution >= 0.6 is 24.0 Å². The zero-order valence-electron chi connectivity index (χ0n) is 17.6. The van der Waals surface area contributed by atoms with Gasteiger partial charge in [-0.25, -0.2) is 4.99 Å². The van der Waals surface area contributed by atoms with Gasteiger partial charge in [-0.2, -0.15) is 0 Å². The van der Waals surface area contributed by atoms with E-state index in [1.165, 1.54) is 64.5 Å². The number of aliphatic imine (C=N–C) groups is 1. The normalized spacial score (nSPS) is 33.1. The number of piperidine rings is 1. The van der Waals surface area contributed by atoms with Crippen molar-refractivity contribution in [3.63, 3.8) is 0 Å². The van der Waals surface area contributed by atoms with Crippen molar-refractivity contribution < 1.29 is 4.79 Å². The summed E-state index contributed by atoms with van der Waals surface area (Å²) in [5.41, 5.74) is 0. The third-order valence-electron chi connectivity index (χ3n) is 7.29. The van der Waals surface area contributed by atoms with Crippen molar-refractivity contribution >= 4 is 35.8 Å². The molecule has 2 saturated carbocycles. The molecule has 0 spiro atoms. The molecule has 160 valence electrons. The minimum atomic E-state index is 0. The Hall–Kier alpha value is -0.570. The molecule has 0 aromatic rings. The number of halogens is 1. The summed E-state index contributed by atoms with van der Waals surface area (Å²) in [7, 11) is 3.62. The van der Waals surface area contributed by atoms with E-state index >= 15 is 0 Å². The zero-order chi connectivity index (χ0) is 18.8. The highest BCUT2D eigenvalue weighted by molar-refractivity contribution is 14.0. The molecule has 2 aliphatic heterocycles. The molecule has 2 bridgehead atoms. The van der Waals surface area contributed by atoms with Gasteiger partial charge in [0.25, 0.3) is 0 Å². The predicted octanol–water partition coefficient (Wildman–Crippen LogP) is 2.39. The summed E-state index contributed by atoms with van der Waals surface area (Å²) in [4.78, 5) is 23.6.